The Morgan fingerprint density at radius 2 is 1.70 bits per heavy atom. The summed E-state index contributed by atoms with van der Waals surface area (Å²) in [5.74, 6) is -0.474. The fraction of sp³-hybridized carbons (Fsp3) is 0.333. The number of aromatic nitrogens is 2. The summed E-state index contributed by atoms with van der Waals surface area (Å²) in [6.45, 7) is 4.30. The maximum Gasteiger partial charge on any atom is 0.336 e. The number of carbonyl (C=O) groups excluding carboxylic acids is 2. The third kappa shape index (κ3) is 5.75. The molecule has 0 saturated carbocycles. The highest BCUT2D eigenvalue weighted by Gasteiger charge is 2.17. The van der Waals surface area contributed by atoms with E-state index in [0.717, 1.165) is 10.1 Å². The van der Waals surface area contributed by atoms with E-state index in [-0.39, 0.29) is 30.8 Å². The Morgan fingerprint density at radius 1 is 1.00 bits per heavy atom. The summed E-state index contributed by atoms with van der Waals surface area (Å²) in [6.07, 6.45) is 0.163. The first-order valence-corrected chi connectivity index (χ1v) is 10.7. The van der Waals surface area contributed by atoms with Gasteiger partial charge in [0.2, 0.25) is 11.8 Å². The number of methoxy groups -OCH3 is 1. The maximum absolute atomic E-state index is 13.3. The molecule has 33 heavy (non-hydrogen) atoms. The van der Waals surface area contributed by atoms with Crippen LogP contribution in [-0.2, 0) is 27.3 Å². The Morgan fingerprint density at radius 3 is 2.36 bits per heavy atom. The van der Waals surface area contributed by atoms with E-state index in [9.17, 15) is 19.2 Å². The molecule has 1 aromatic heterocycles. The van der Waals surface area contributed by atoms with E-state index in [1.165, 1.54) is 4.57 Å². The number of ether oxygens (including phenoxy) is 1. The molecule has 2 aromatic carbocycles. The average molecular weight is 453 g/mol. The van der Waals surface area contributed by atoms with E-state index in [1.54, 1.807) is 55.6 Å². The van der Waals surface area contributed by atoms with Crippen LogP contribution in [0.3, 0.4) is 0 Å². The predicted octanol–water partition coefficient (Wildman–Crippen LogP) is 0.982. The molecule has 0 bridgehead atoms. The Hall–Kier alpha value is -3.72. The molecule has 0 unspecified atom stereocenters. The zero-order valence-corrected chi connectivity index (χ0v) is 19.0. The summed E-state index contributed by atoms with van der Waals surface area (Å²) in [6, 6.07) is 13.3. The first-order chi connectivity index (χ1) is 15.8. The van der Waals surface area contributed by atoms with Crippen molar-refractivity contribution in [3.8, 4) is 5.69 Å². The molecule has 0 aliphatic carbocycles. The number of nitrogens with zero attached hydrogens (tertiary/aromatic N) is 2. The van der Waals surface area contributed by atoms with Crippen molar-refractivity contribution in [3.63, 3.8) is 0 Å². The highest BCUT2D eigenvalue weighted by molar-refractivity contribution is 5.82. The van der Waals surface area contributed by atoms with Gasteiger partial charge in [-0.15, -0.1) is 0 Å². The monoisotopic (exact) mass is 452 g/mol. The molecule has 0 radical (unpaired) electrons. The van der Waals surface area contributed by atoms with Crippen LogP contribution in [0.15, 0.2) is 58.1 Å². The number of carbonyl (C=O) groups is 2. The number of para-hydroxylation sites is 1. The fourth-order valence-corrected chi connectivity index (χ4v) is 3.52. The lowest BCUT2D eigenvalue weighted by molar-refractivity contribution is -0.122. The first kappa shape index (κ1) is 23.9. The van der Waals surface area contributed by atoms with Gasteiger partial charge in [0.25, 0.3) is 5.56 Å². The molecule has 2 amide bonds. The molecule has 1 heterocycles. The molecular formula is C24H28N4O5. The molecule has 0 atom stereocenters. The summed E-state index contributed by atoms with van der Waals surface area (Å²) in [4.78, 5) is 50.8. The van der Waals surface area contributed by atoms with Gasteiger partial charge in [0.15, 0.2) is 0 Å². The molecule has 0 aliphatic rings. The van der Waals surface area contributed by atoms with Crippen molar-refractivity contribution in [2.45, 2.75) is 32.9 Å². The molecule has 174 valence electrons. The van der Waals surface area contributed by atoms with Gasteiger partial charge in [0, 0.05) is 19.7 Å². The summed E-state index contributed by atoms with van der Waals surface area (Å²) >= 11 is 0. The van der Waals surface area contributed by atoms with Crippen LogP contribution in [0.4, 0.5) is 0 Å². The minimum Gasteiger partial charge on any atom is -0.383 e. The van der Waals surface area contributed by atoms with E-state index in [0.29, 0.717) is 29.7 Å². The van der Waals surface area contributed by atoms with E-state index >= 15 is 0 Å². The smallest absolute Gasteiger partial charge is 0.336 e. The molecule has 0 fully saturated rings. The minimum atomic E-state index is -0.609. The Bertz CT molecular complexity index is 1260. The highest BCUT2D eigenvalue weighted by atomic mass is 16.5. The van der Waals surface area contributed by atoms with Crippen LogP contribution in [0.2, 0.25) is 0 Å². The largest absolute Gasteiger partial charge is 0.383 e. The van der Waals surface area contributed by atoms with Crippen LogP contribution >= 0.6 is 0 Å². The standard InChI is InChI=1S/C24H28N4O5/c1-16(2)26-22(30)15-27-20-7-5-4-6-19(20)23(31)28(24(27)32)18-10-8-17(9-11-18)14-21(29)25-12-13-33-3/h4-11,16H,12-15H2,1-3H3,(H,25,29)(H,26,30). The van der Waals surface area contributed by atoms with Crippen molar-refractivity contribution < 1.29 is 14.3 Å². The van der Waals surface area contributed by atoms with Crippen LogP contribution in [0.5, 0.6) is 0 Å². The summed E-state index contributed by atoms with van der Waals surface area (Å²) in [7, 11) is 1.56. The lowest BCUT2D eigenvalue weighted by atomic mass is 10.1. The van der Waals surface area contributed by atoms with E-state index < -0.39 is 11.2 Å². The van der Waals surface area contributed by atoms with Gasteiger partial charge in [-0.1, -0.05) is 24.3 Å². The van der Waals surface area contributed by atoms with Gasteiger partial charge < -0.3 is 15.4 Å². The van der Waals surface area contributed by atoms with Crippen LogP contribution in [0, 0.1) is 0 Å². The van der Waals surface area contributed by atoms with Crippen molar-refractivity contribution in [1.29, 1.82) is 0 Å². The van der Waals surface area contributed by atoms with Gasteiger partial charge in [-0.2, -0.15) is 0 Å². The molecule has 3 rings (SSSR count). The normalized spacial score (nSPS) is 11.0. The number of amides is 2. The summed E-state index contributed by atoms with van der Waals surface area (Å²) in [5.41, 5.74) is 0.410. The molecule has 0 aliphatic heterocycles. The zero-order valence-electron chi connectivity index (χ0n) is 19.0. The van der Waals surface area contributed by atoms with Crippen molar-refractivity contribution in [1.82, 2.24) is 19.8 Å². The van der Waals surface area contributed by atoms with Crippen molar-refractivity contribution in [2.75, 3.05) is 20.3 Å². The topological polar surface area (TPSA) is 111 Å². The second-order valence-corrected chi connectivity index (χ2v) is 7.93. The molecule has 0 spiro atoms. The van der Waals surface area contributed by atoms with E-state index in [1.807, 2.05) is 13.8 Å². The number of fused-ring (bicyclic) bond motifs is 1. The van der Waals surface area contributed by atoms with Crippen LogP contribution in [0.25, 0.3) is 16.6 Å². The van der Waals surface area contributed by atoms with Gasteiger partial charge in [-0.25, -0.2) is 9.36 Å². The van der Waals surface area contributed by atoms with Crippen LogP contribution in [0.1, 0.15) is 19.4 Å². The SMILES string of the molecule is COCCNC(=O)Cc1ccc(-n2c(=O)c3ccccc3n(CC(=O)NC(C)C)c2=O)cc1. The Kier molecular flexibility index (Phi) is 7.78. The van der Waals surface area contributed by atoms with Crippen molar-refractivity contribution in [2.24, 2.45) is 0 Å². The van der Waals surface area contributed by atoms with E-state index in [2.05, 4.69) is 10.6 Å². The second kappa shape index (κ2) is 10.7. The molecule has 9 heteroatoms. The molecular weight excluding hydrogens is 424 g/mol. The minimum absolute atomic E-state index is 0.0791. The van der Waals surface area contributed by atoms with Gasteiger partial charge in [-0.3, -0.25) is 19.0 Å². The Labute approximate surface area is 191 Å². The number of nitrogens with one attached hydrogen (secondary N) is 2. The fourth-order valence-electron chi connectivity index (χ4n) is 3.52. The van der Waals surface area contributed by atoms with Crippen molar-refractivity contribution in [3.05, 3.63) is 74.9 Å². The summed E-state index contributed by atoms with van der Waals surface area (Å²) < 4.78 is 7.26. The molecule has 2 N–H and O–H groups in total. The highest BCUT2D eigenvalue weighted by Crippen LogP contribution is 2.12. The van der Waals surface area contributed by atoms with Crippen LogP contribution < -0.4 is 21.9 Å². The zero-order chi connectivity index (χ0) is 24.0. The maximum atomic E-state index is 13.3. The van der Waals surface area contributed by atoms with Crippen LogP contribution in [-0.4, -0.2) is 47.3 Å². The van der Waals surface area contributed by atoms with Gasteiger partial charge in [0.1, 0.15) is 6.54 Å². The molecule has 0 saturated heterocycles. The number of hydrogen-bond donors (Lipinski definition) is 2. The number of hydrogen-bond acceptors (Lipinski definition) is 5. The Balaban J connectivity index is 1.98. The van der Waals surface area contributed by atoms with Crippen molar-refractivity contribution >= 4 is 22.7 Å². The average Bonchev–Trinajstić information content (AvgIpc) is 2.77. The van der Waals surface area contributed by atoms with Gasteiger partial charge in [-0.05, 0) is 43.7 Å². The quantitative estimate of drug-likeness (QED) is 0.470. The first-order valence-electron chi connectivity index (χ1n) is 10.7. The van der Waals surface area contributed by atoms with Gasteiger partial charge >= 0.3 is 5.69 Å². The van der Waals surface area contributed by atoms with E-state index in [4.69, 9.17) is 4.74 Å². The lowest BCUT2D eigenvalue weighted by Crippen LogP contribution is -2.42. The molecule has 9 nitrogen and oxygen atoms in total. The number of benzene rings is 2. The predicted molar refractivity (Wildman–Crippen MR) is 126 cm³/mol. The lowest BCUT2D eigenvalue weighted by Gasteiger charge is -2.15. The molecule has 3 aromatic rings. The third-order valence-electron chi connectivity index (χ3n) is 4.99. The third-order valence-corrected chi connectivity index (χ3v) is 4.99. The second-order valence-electron chi connectivity index (χ2n) is 7.93. The summed E-state index contributed by atoms with van der Waals surface area (Å²) in [5, 5.41) is 5.84. The number of rotatable bonds is 9. The van der Waals surface area contributed by atoms with Gasteiger partial charge in [0.05, 0.1) is 29.6 Å².